The van der Waals surface area contributed by atoms with Crippen molar-refractivity contribution >= 4 is 5.78 Å². The van der Waals surface area contributed by atoms with Gasteiger partial charge in [0.2, 0.25) is 0 Å². The Balaban J connectivity index is 2.03. The molecule has 0 aliphatic heterocycles. The van der Waals surface area contributed by atoms with Crippen LogP contribution in [0, 0.1) is 0 Å². The van der Waals surface area contributed by atoms with Gasteiger partial charge in [0.15, 0.2) is 5.78 Å². The highest BCUT2D eigenvalue weighted by molar-refractivity contribution is 5.96. The molecular weight excluding hydrogens is 266 g/mol. The lowest BCUT2D eigenvalue weighted by Gasteiger charge is -2.12. The second-order valence-electron chi connectivity index (χ2n) is 4.74. The Morgan fingerprint density at radius 3 is 1.90 bits per heavy atom. The minimum Gasteiger partial charge on any atom is -0.497 e. The fraction of sp³-hybridized carbons (Fsp3) is 0.235. The number of methoxy groups -OCH3 is 2. The molecule has 2 aromatic rings. The van der Waals surface area contributed by atoms with Crippen molar-refractivity contribution in [3.8, 4) is 11.5 Å². The Hall–Kier alpha value is -2.33. The second kappa shape index (κ2) is 6.90. The van der Waals surface area contributed by atoms with Gasteiger partial charge in [-0.25, -0.2) is 0 Å². The van der Waals surface area contributed by atoms with Gasteiger partial charge in [0.05, 0.1) is 14.2 Å². The van der Waals surface area contributed by atoms with Crippen LogP contribution >= 0.6 is 0 Å². The van der Waals surface area contributed by atoms with Crippen LogP contribution in [0.3, 0.4) is 0 Å². The summed E-state index contributed by atoms with van der Waals surface area (Å²) in [6.07, 6.45) is 0.263. The van der Waals surface area contributed by atoms with E-state index in [2.05, 4.69) is 0 Å². The van der Waals surface area contributed by atoms with Crippen LogP contribution in [0.4, 0.5) is 0 Å². The molecule has 21 heavy (non-hydrogen) atoms. The molecule has 1 atom stereocenters. The highest BCUT2D eigenvalue weighted by atomic mass is 16.5. The number of benzene rings is 2. The number of ketones is 1. The standard InChI is InChI=1S/C17H19NO3/c1-20-14-7-3-12(4-8-14)16(18)11-17(19)13-5-9-15(21-2)10-6-13/h3-10,16H,11,18H2,1-2H3. The number of nitrogens with two attached hydrogens (primary N) is 1. The average Bonchev–Trinajstić information content (AvgIpc) is 2.55. The summed E-state index contributed by atoms with van der Waals surface area (Å²) >= 11 is 0. The molecule has 0 amide bonds. The first kappa shape index (κ1) is 15.1. The number of hydrogen-bond acceptors (Lipinski definition) is 4. The Labute approximate surface area is 124 Å². The molecule has 1 unspecified atom stereocenters. The number of hydrogen-bond donors (Lipinski definition) is 1. The van der Waals surface area contributed by atoms with Crippen LogP contribution in [0.15, 0.2) is 48.5 Å². The van der Waals surface area contributed by atoms with E-state index < -0.39 is 0 Å². The smallest absolute Gasteiger partial charge is 0.164 e. The molecule has 2 rings (SSSR count). The van der Waals surface area contributed by atoms with Gasteiger partial charge in [0.1, 0.15) is 11.5 Å². The van der Waals surface area contributed by atoms with E-state index in [4.69, 9.17) is 15.2 Å². The van der Waals surface area contributed by atoms with Crippen molar-refractivity contribution in [1.29, 1.82) is 0 Å². The lowest BCUT2D eigenvalue weighted by atomic mass is 9.98. The summed E-state index contributed by atoms with van der Waals surface area (Å²) < 4.78 is 10.2. The zero-order valence-electron chi connectivity index (χ0n) is 12.2. The molecule has 4 nitrogen and oxygen atoms in total. The average molecular weight is 285 g/mol. The second-order valence-corrected chi connectivity index (χ2v) is 4.74. The maximum atomic E-state index is 12.2. The Morgan fingerprint density at radius 2 is 1.43 bits per heavy atom. The normalized spacial score (nSPS) is 11.8. The summed E-state index contributed by atoms with van der Waals surface area (Å²) in [7, 11) is 3.21. The van der Waals surface area contributed by atoms with Crippen LogP contribution in [0.5, 0.6) is 11.5 Å². The molecule has 0 saturated carbocycles. The monoisotopic (exact) mass is 285 g/mol. The molecule has 4 heteroatoms. The van der Waals surface area contributed by atoms with Crippen molar-refractivity contribution in [2.75, 3.05) is 14.2 Å². The molecule has 110 valence electrons. The predicted octanol–water partition coefficient (Wildman–Crippen LogP) is 2.98. The summed E-state index contributed by atoms with van der Waals surface area (Å²) in [6, 6.07) is 14.2. The van der Waals surface area contributed by atoms with Gasteiger partial charge < -0.3 is 15.2 Å². The van der Waals surface area contributed by atoms with Crippen molar-refractivity contribution in [2.45, 2.75) is 12.5 Å². The minimum absolute atomic E-state index is 0.0148. The molecule has 0 aromatic heterocycles. The van der Waals surface area contributed by atoms with Gasteiger partial charge in [-0.3, -0.25) is 4.79 Å². The largest absolute Gasteiger partial charge is 0.497 e. The molecule has 0 radical (unpaired) electrons. The number of ether oxygens (including phenoxy) is 2. The van der Waals surface area contributed by atoms with Gasteiger partial charge >= 0.3 is 0 Å². The molecule has 0 fully saturated rings. The number of carbonyl (C=O) groups is 1. The van der Waals surface area contributed by atoms with Gasteiger partial charge in [-0.15, -0.1) is 0 Å². The third-order valence-corrected chi connectivity index (χ3v) is 3.36. The fourth-order valence-corrected chi connectivity index (χ4v) is 2.06. The number of rotatable bonds is 6. The van der Waals surface area contributed by atoms with Crippen LogP contribution < -0.4 is 15.2 Å². The molecule has 2 N–H and O–H groups in total. The highest BCUT2D eigenvalue weighted by Gasteiger charge is 2.13. The first-order valence-electron chi connectivity index (χ1n) is 6.71. The molecule has 0 saturated heterocycles. The molecule has 0 bridgehead atoms. The maximum absolute atomic E-state index is 12.2. The summed E-state index contributed by atoms with van der Waals surface area (Å²) in [5, 5.41) is 0. The van der Waals surface area contributed by atoms with E-state index in [1.807, 2.05) is 24.3 Å². The molecular formula is C17H19NO3. The summed E-state index contributed by atoms with van der Waals surface area (Å²) in [6.45, 7) is 0. The van der Waals surface area contributed by atoms with Crippen LogP contribution in [0.2, 0.25) is 0 Å². The first-order valence-corrected chi connectivity index (χ1v) is 6.71. The third-order valence-electron chi connectivity index (χ3n) is 3.36. The number of carbonyl (C=O) groups excluding carboxylic acids is 1. The van der Waals surface area contributed by atoms with Gasteiger partial charge in [0.25, 0.3) is 0 Å². The Bertz CT molecular complexity index is 590. The molecule has 2 aromatic carbocycles. The zero-order chi connectivity index (χ0) is 15.2. The van der Waals surface area contributed by atoms with E-state index >= 15 is 0 Å². The molecule has 0 spiro atoms. The summed E-state index contributed by atoms with van der Waals surface area (Å²) in [4.78, 5) is 12.2. The Morgan fingerprint density at radius 1 is 0.952 bits per heavy atom. The first-order chi connectivity index (χ1) is 10.1. The van der Waals surface area contributed by atoms with E-state index in [0.717, 1.165) is 17.1 Å². The van der Waals surface area contributed by atoms with E-state index in [1.165, 1.54) is 0 Å². The van der Waals surface area contributed by atoms with Crippen molar-refractivity contribution in [3.05, 3.63) is 59.7 Å². The van der Waals surface area contributed by atoms with Crippen LogP contribution in [0.1, 0.15) is 28.4 Å². The molecule has 0 heterocycles. The highest BCUT2D eigenvalue weighted by Crippen LogP contribution is 2.21. The van der Waals surface area contributed by atoms with Crippen molar-refractivity contribution < 1.29 is 14.3 Å². The van der Waals surface area contributed by atoms with E-state index in [-0.39, 0.29) is 18.2 Å². The quantitative estimate of drug-likeness (QED) is 0.829. The van der Waals surface area contributed by atoms with Crippen molar-refractivity contribution in [2.24, 2.45) is 5.73 Å². The lowest BCUT2D eigenvalue weighted by Crippen LogP contribution is -2.15. The maximum Gasteiger partial charge on any atom is 0.164 e. The summed E-state index contributed by atoms with van der Waals surface area (Å²) in [5.41, 5.74) is 7.65. The number of Topliss-reactive ketones (excluding diaryl/α,β-unsaturated/α-hetero) is 1. The molecule has 0 aliphatic rings. The van der Waals surface area contributed by atoms with E-state index in [0.29, 0.717) is 5.56 Å². The van der Waals surface area contributed by atoms with Gasteiger partial charge in [-0.1, -0.05) is 12.1 Å². The van der Waals surface area contributed by atoms with E-state index in [1.54, 1.807) is 38.5 Å². The molecule has 0 aliphatic carbocycles. The topological polar surface area (TPSA) is 61.5 Å². The predicted molar refractivity (Wildman–Crippen MR) is 81.9 cm³/mol. The van der Waals surface area contributed by atoms with Gasteiger partial charge in [0, 0.05) is 18.0 Å². The van der Waals surface area contributed by atoms with Gasteiger partial charge in [-0.05, 0) is 42.0 Å². The third kappa shape index (κ3) is 3.83. The zero-order valence-corrected chi connectivity index (χ0v) is 12.2. The van der Waals surface area contributed by atoms with Crippen molar-refractivity contribution in [3.63, 3.8) is 0 Å². The Kier molecular flexibility index (Phi) is 4.95. The van der Waals surface area contributed by atoms with Crippen LogP contribution in [0.25, 0.3) is 0 Å². The van der Waals surface area contributed by atoms with Gasteiger partial charge in [-0.2, -0.15) is 0 Å². The summed E-state index contributed by atoms with van der Waals surface area (Å²) in [5.74, 6) is 1.51. The fourth-order valence-electron chi connectivity index (χ4n) is 2.06. The minimum atomic E-state index is -0.328. The SMILES string of the molecule is COc1ccc(C(=O)CC(N)c2ccc(OC)cc2)cc1. The van der Waals surface area contributed by atoms with Crippen molar-refractivity contribution in [1.82, 2.24) is 0 Å². The van der Waals surface area contributed by atoms with Crippen LogP contribution in [-0.2, 0) is 0 Å². The lowest BCUT2D eigenvalue weighted by molar-refractivity contribution is 0.0974. The van der Waals surface area contributed by atoms with Crippen LogP contribution in [-0.4, -0.2) is 20.0 Å². The van der Waals surface area contributed by atoms with E-state index in [9.17, 15) is 4.79 Å².